The Morgan fingerprint density at radius 3 is 2.40 bits per heavy atom. The van der Waals surface area contributed by atoms with Gasteiger partial charge in [0.15, 0.2) is 0 Å². The summed E-state index contributed by atoms with van der Waals surface area (Å²) in [5.41, 5.74) is -2.65. The van der Waals surface area contributed by atoms with Crippen LogP contribution in [-0.4, -0.2) is 17.8 Å². The molecule has 0 bridgehead atoms. The van der Waals surface area contributed by atoms with Crippen molar-refractivity contribution in [1.29, 1.82) is 0 Å². The van der Waals surface area contributed by atoms with E-state index in [1.807, 2.05) is 5.32 Å². The average molecular weight is 442 g/mol. The lowest BCUT2D eigenvalue weighted by atomic mass is 9.90. The molecule has 156 valence electrons. The fourth-order valence-electron chi connectivity index (χ4n) is 3.77. The summed E-state index contributed by atoms with van der Waals surface area (Å²) in [7, 11) is 0. The quantitative estimate of drug-likeness (QED) is 0.426. The Bertz CT molecular complexity index is 1130. The monoisotopic (exact) mass is 441 g/mol. The highest BCUT2D eigenvalue weighted by Gasteiger charge is 2.61. The lowest BCUT2D eigenvalue weighted by molar-refractivity contribution is -0.138. The molecule has 6 nitrogen and oxygen atoms in total. The molecule has 11 heteroatoms. The SMILES string of the molecule is Cc1cc(Cl)cc2c1N(Cc1ccc(C(F)(F)F)cc1F)C(=O)C21NC(=O)NC1=O. The number of anilines is 1. The Morgan fingerprint density at radius 1 is 1.13 bits per heavy atom. The van der Waals surface area contributed by atoms with Crippen molar-refractivity contribution in [2.24, 2.45) is 0 Å². The van der Waals surface area contributed by atoms with Gasteiger partial charge in [-0.3, -0.25) is 14.9 Å². The van der Waals surface area contributed by atoms with Crippen molar-refractivity contribution in [2.45, 2.75) is 25.2 Å². The first-order chi connectivity index (χ1) is 13.9. The number of hydrogen-bond acceptors (Lipinski definition) is 3. The maximum absolute atomic E-state index is 14.4. The van der Waals surface area contributed by atoms with Crippen LogP contribution in [-0.2, 0) is 27.8 Å². The van der Waals surface area contributed by atoms with Gasteiger partial charge in [0.25, 0.3) is 11.8 Å². The van der Waals surface area contributed by atoms with Crippen molar-refractivity contribution in [3.63, 3.8) is 0 Å². The predicted octanol–water partition coefficient (Wildman–Crippen LogP) is 3.39. The molecule has 0 aliphatic carbocycles. The molecule has 2 N–H and O–H groups in total. The number of nitrogens with one attached hydrogen (secondary N) is 2. The standard InChI is InChI=1S/C19H12ClF4N3O3/c1-8-4-11(20)6-12-14(8)27(16(29)18(12)15(28)25-17(30)26-18)7-9-2-3-10(5-13(9)21)19(22,23)24/h2-6H,7H2,1H3,(H2,25,26,28,30). The Hall–Kier alpha value is -3.14. The zero-order valence-corrected chi connectivity index (χ0v) is 15.9. The van der Waals surface area contributed by atoms with E-state index < -0.39 is 47.5 Å². The number of imide groups is 1. The number of urea groups is 1. The van der Waals surface area contributed by atoms with Crippen LogP contribution in [0, 0.1) is 12.7 Å². The van der Waals surface area contributed by atoms with Gasteiger partial charge in [-0.2, -0.15) is 13.2 Å². The van der Waals surface area contributed by atoms with Gasteiger partial charge in [-0.25, -0.2) is 9.18 Å². The average Bonchev–Trinajstić information content (AvgIpc) is 3.05. The number of carbonyl (C=O) groups excluding carboxylic acids is 3. The first kappa shape index (κ1) is 20.1. The van der Waals surface area contributed by atoms with Crippen molar-refractivity contribution in [3.05, 3.63) is 63.4 Å². The van der Waals surface area contributed by atoms with E-state index in [0.717, 1.165) is 11.0 Å². The minimum Gasteiger partial charge on any atom is -0.312 e. The van der Waals surface area contributed by atoms with Crippen LogP contribution in [0.25, 0.3) is 0 Å². The van der Waals surface area contributed by atoms with Gasteiger partial charge in [0.05, 0.1) is 17.8 Å². The van der Waals surface area contributed by atoms with Gasteiger partial charge in [-0.05, 0) is 36.8 Å². The number of fused-ring (bicyclic) bond motifs is 2. The molecule has 4 rings (SSSR count). The number of aryl methyl sites for hydroxylation is 1. The van der Waals surface area contributed by atoms with E-state index in [-0.39, 0.29) is 21.8 Å². The molecule has 0 radical (unpaired) electrons. The highest BCUT2D eigenvalue weighted by Crippen LogP contribution is 2.46. The highest BCUT2D eigenvalue weighted by atomic mass is 35.5. The second kappa shape index (κ2) is 6.43. The molecular formula is C19H12ClF4N3O3. The largest absolute Gasteiger partial charge is 0.416 e. The molecule has 2 aliphatic heterocycles. The van der Waals surface area contributed by atoms with Crippen molar-refractivity contribution in [3.8, 4) is 0 Å². The van der Waals surface area contributed by atoms with E-state index in [1.165, 1.54) is 12.1 Å². The molecule has 1 spiro atoms. The van der Waals surface area contributed by atoms with Crippen LogP contribution in [0.4, 0.5) is 28.0 Å². The number of halogens is 5. The first-order valence-corrected chi connectivity index (χ1v) is 8.94. The van der Waals surface area contributed by atoms with Gasteiger partial charge >= 0.3 is 12.2 Å². The van der Waals surface area contributed by atoms with Crippen LogP contribution < -0.4 is 15.5 Å². The summed E-state index contributed by atoms with van der Waals surface area (Å²) in [6, 6.07) is 3.93. The lowest BCUT2D eigenvalue weighted by Gasteiger charge is -2.22. The number of amides is 4. The van der Waals surface area contributed by atoms with Gasteiger partial charge in [-0.1, -0.05) is 17.7 Å². The summed E-state index contributed by atoms with van der Waals surface area (Å²) in [5.74, 6) is -2.95. The molecule has 2 aliphatic rings. The van der Waals surface area contributed by atoms with E-state index in [2.05, 4.69) is 5.32 Å². The maximum Gasteiger partial charge on any atom is 0.416 e. The molecule has 1 unspecified atom stereocenters. The third-order valence-electron chi connectivity index (χ3n) is 5.08. The van der Waals surface area contributed by atoms with E-state index in [1.54, 1.807) is 6.92 Å². The minimum absolute atomic E-state index is 0.105. The molecule has 1 saturated heterocycles. The van der Waals surface area contributed by atoms with Crippen molar-refractivity contribution in [2.75, 3.05) is 4.90 Å². The van der Waals surface area contributed by atoms with Gasteiger partial charge in [0.1, 0.15) is 5.82 Å². The predicted molar refractivity (Wildman–Crippen MR) is 97.1 cm³/mol. The Kier molecular flexibility index (Phi) is 4.32. The Morgan fingerprint density at radius 2 is 1.83 bits per heavy atom. The second-order valence-electron chi connectivity index (χ2n) is 6.97. The summed E-state index contributed by atoms with van der Waals surface area (Å²) in [6.07, 6.45) is -4.72. The Balaban J connectivity index is 1.82. The van der Waals surface area contributed by atoms with E-state index in [9.17, 15) is 31.9 Å². The second-order valence-corrected chi connectivity index (χ2v) is 7.41. The van der Waals surface area contributed by atoms with Gasteiger partial charge in [0, 0.05) is 16.1 Å². The van der Waals surface area contributed by atoms with Crippen LogP contribution in [0.2, 0.25) is 5.02 Å². The number of nitrogens with zero attached hydrogens (tertiary/aromatic N) is 1. The highest BCUT2D eigenvalue weighted by molar-refractivity contribution is 6.32. The van der Waals surface area contributed by atoms with Crippen molar-refractivity contribution < 1.29 is 31.9 Å². The third kappa shape index (κ3) is 2.82. The van der Waals surface area contributed by atoms with Crippen LogP contribution in [0.5, 0.6) is 0 Å². The zero-order chi connectivity index (χ0) is 22.0. The maximum atomic E-state index is 14.4. The summed E-state index contributed by atoms with van der Waals surface area (Å²) in [4.78, 5) is 38.6. The molecule has 2 aromatic carbocycles. The fraction of sp³-hybridized carbons (Fsp3) is 0.211. The summed E-state index contributed by atoms with van der Waals surface area (Å²) >= 11 is 6.07. The third-order valence-corrected chi connectivity index (χ3v) is 5.30. The minimum atomic E-state index is -4.72. The number of hydrogen-bond donors (Lipinski definition) is 2. The van der Waals surface area contributed by atoms with Gasteiger partial charge in [0.2, 0.25) is 5.54 Å². The molecule has 1 atom stereocenters. The van der Waals surface area contributed by atoms with E-state index >= 15 is 0 Å². The summed E-state index contributed by atoms with van der Waals surface area (Å²) < 4.78 is 52.8. The first-order valence-electron chi connectivity index (χ1n) is 8.57. The topological polar surface area (TPSA) is 78.5 Å². The number of alkyl halides is 3. The van der Waals surface area contributed by atoms with E-state index in [4.69, 9.17) is 11.6 Å². The molecule has 0 saturated carbocycles. The van der Waals surface area contributed by atoms with Crippen LogP contribution in [0.3, 0.4) is 0 Å². The summed E-state index contributed by atoms with van der Waals surface area (Å²) in [5, 5.41) is 4.51. The van der Waals surface area contributed by atoms with Crippen molar-refractivity contribution >= 4 is 35.1 Å². The number of benzene rings is 2. The molecule has 0 aromatic heterocycles. The zero-order valence-electron chi connectivity index (χ0n) is 15.2. The molecular weight excluding hydrogens is 430 g/mol. The van der Waals surface area contributed by atoms with Crippen LogP contribution >= 0.6 is 11.6 Å². The van der Waals surface area contributed by atoms with Crippen molar-refractivity contribution in [1.82, 2.24) is 10.6 Å². The Labute approximate surface area is 171 Å². The van der Waals surface area contributed by atoms with Crippen LogP contribution in [0.15, 0.2) is 30.3 Å². The number of rotatable bonds is 2. The normalized spacial score (nSPS) is 20.6. The molecule has 2 aromatic rings. The fourth-order valence-corrected chi connectivity index (χ4v) is 4.04. The molecule has 4 amide bonds. The summed E-state index contributed by atoms with van der Waals surface area (Å²) in [6.45, 7) is 1.14. The van der Waals surface area contributed by atoms with Crippen LogP contribution in [0.1, 0.15) is 22.3 Å². The number of carbonyl (C=O) groups is 3. The lowest BCUT2D eigenvalue weighted by Crippen LogP contribution is -2.52. The smallest absolute Gasteiger partial charge is 0.312 e. The van der Waals surface area contributed by atoms with Gasteiger partial charge < -0.3 is 10.2 Å². The molecule has 1 fully saturated rings. The molecule has 2 heterocycles. The van der Waals surface area contributed by atoms with E-state index in [0.29, 0.717) is 17.7 Å². The molecule has 30 heavy (non-hydrogen) atoms. The van der Waals surface area contributed by atoms with Gasteiger partial charge in [-0.15, -0.1) is 0 Å².